The van der Waals surface area contributed by atoms with Crippen LogP contribution in [0.5, 0.6) is 0 Å². The van der Waals surface area contributed by atoms with Crippen molar-refractivity contribution in [3.63, 3.8) is 0 Å². The van der Waals surface area contributed by atoms with E-state index in [1.54, 1.807) is 6.08 Å². The van der Waals surface area contributed by atoms with Crippen LogP contribution in [0.2, 0.25) is 0 Å². The summed E-state index contributed by atoms with van der Waals surface area (Å²) >= 11 is 0. The normalized spacial score (nSPS) is 9.47. The first-order valence-electron chi connectivity index (χ1n) is 4.87. The lowest BCUT2D eigenvalue weighted by Gasteiger charge is -2.10. The Bertz CT molecular complexity index is 372. The van der Waals surface area contributed by atoms with Crippen LogP contribution in [0.25, 0.3) is 0 Å². The van der Waals surface area contributed by atoms with Gasteiger partial charge in [0.1, 0.15) is 0 Å². The minimum Gasteiger partial charge on any atom is -0.334 e. The van der Waals surface area contributed by atoms with Gasteiger partial charge in [0.15, 0.2) is 0 Å². The number of rotatable bonds is 3. The summed E-state index contributed by atoms with van der Waals surface area (Å²) in [4.78, 5) is 11.4. The summed E-state index contributed by atoms with van der Waals surface area (Å²) in [6, 6.07) is 5.62. The maximum atomic E-state index is 11.4. The minimum absolute atomic E-state index is 0.205. The molecule has 80 valence electrons. The van der Waals surface area contributed by atoms with Gasteiger partial charge in [0, 0.05) is 12.2 Å². The van der Waals surface area contributed by atoms with Gasteiger partial charge in [-0.2, -0.15) is 0 Å². The van der Waals surface area contributed by atoms with Crippen molar-refractivity contribution >= 4 is 11.7 Å². The molecule has 1 aromatic carbocycles. The van der Waals surface area contributed by atoms with Gasteiger partial charge < -0.3 is 10.6 Å². The maximum Gasteiger partial charge on any atom is 0.319 e. The van der Waals surface area contributed by atoms with Crippen molar-refractivity contribution in [2.24, 2.45) is 0 Å². The van der Waals surface area contributed by atoms with E-state index in [1.807, 2.05) is 32.0 Å². The monoisotopic (exact) mass is 204 g/mol. The van der Waals surface area contributed by atoms with Crippen molar-refractivity contribution in [1.82, 2.24) is 5.32 Å². The summed E-state index contributed by atoms with van der Waals surface area (Å²) in [5.41, 5.74) is 3.10. The van der Waals surface area contributed by atoms with Gasteiger partial charge in [0.05, 0.1) is 0 Å². The fraction of sp³-hybridized carbons (Fsp3) is 0.250. The van der Waals surface area contributed by atoms with E-state index in [9.17, 15) is 4.79 Å². The first-order valence-corrected chi connectivity index (χ1v) is 4.87. The fourth-order valence-corrected chi connectivity index (χ4v) is 1.22. The second kappa shape index (κ2) is 5.20. The van der Waals surface area contributed by atoms with E-state index in [4.69, 9.17) is 0 Å². The standard InChI is InChI=1S/C12H16N2O/c1-4-8-13-12(15)14-11-7-5-6-9(2)10(11)3/h4-7H,1,8H2,2-3H3,(H2,13,14,15). The number of benzene rings is 1. The molecule has 2 N–H and O–H groups in total. The largest absolute Gasteiger partial charge is 0.334 e. The molecule has 1 rings (SSSR count). The predicted molar refractivity (Wildman–Crippen MR) is 63.1 cm³/mol. The molecular weight excluding hydrogens is 188 g/mol. The fourth-order valence-electron chi connectivity index (χ4n) is 1.22. The lowest BCUT2D eigenvalue weighted by atomic mass is 10.1. The minimum atomic E-state index is -0.205. The van der Waals surface area contributed by atoms with E-state index in [0.717, 1.165) is 16.8 Å². The van der Waals surface area contributed by atoms with Crippen LogP contribution in [0.15, 0.2) is 30.9 Å². The van der Waals surface area contributed by atoms with Crippen LogP contribution in [0.1, 0.15) is 11.1 Å². The van der Waals surface area contributed by atoms with Crippen molar-refractivity contribution in [3.05, 3.63) is 42.0 Å². The van der Waals surface area contributed by atoms with Crippen LogP contribution in [-0.2, 0) is 0 Å². The molecule has 0 saturated carbocycles. The third kappa shape index (κ3) is 3.13. The Morgan fingerprint density at radius 1 is 1.47 bits per heavy atom. The molecule has 0 radical (unpaired) electrons. The summed E-state index contributed by atoms with van der Waals surface area (Å²) in [7, 11) is 0. The summed E-state index contributed by atoms with van der Waals surface area (Å²) in [6.45, 7) is 8.00. The summed E-state index contributed by atoms with van der Waals surface area (Å²) < 4.78 is 0. The average molecular weight is 204 g/mol. The van der Waals surface area contributed by atoms with Crippen molar-refractivity contribution < 1.29 is 4.79 Å². The van der Waals surface area contributed by atoms with Crippen molar-refractivity contribution in [2.75, 3.05) is 11.9 Å². The van der Waals surface area contributed by atoms with Gasteiger partial charge in [-0.05, 0) is 31.0 Å². The number of hydrogen-bond acceptors (Lipinski definition) is 1. The highest BCUT2D eigenvalue weighted by molar-refractivity contribution is 5.90. The molecule has 2 amide bonds. The Balaban J connectivity index is 2.68. The van der Waals surface area contributed by atoms with E-state index in [1.165, 1.54) is 0 Å². The summed E-state index contributed by atoms with van der Waals surface area (Å²) in [5.74, 6) is 0. The lowest BCUT2D eigenvalue weighted by molar-refractivity contribution is 0.253. The number of aryl methyl sites for hydroxylation is 1. The highest BCUT2D eigenvalue weighted by Gasteiger charge is 2.03. The van der Waals surface area contributed by atoms with Crippen LogP contribution in [0, 0.1) is 13.8 Å². The number of nitrogens with one attached hydrogen (secondary N) is 2. The predicted octanol–water partition coefficient (Wildman–Crippen LogP) is 2.61. The van der Waals surface area contributed by atoms with E-state index < -0.39 is 0 Å². The Labute approximate surface area is 90.2 Å². The molecular formula is C12H16N2O. The van der Waals surface area contributed by atoms with Crippen molar-refractivity contribution in [1.29, 1.82) is 0 Å². The van der Waals surface area contributed by atoms with Crippen LogP contribution in [-0.4, -0.2) is 12.6 Å². The highest BCUT2D eigenvalue weighted by Crippen LogP contribution is 2.17. The Hall–Kier alpha value is -1.77. The number of amides is 2. The summed E-state index contributed by atoms with van der Waals surface area (Å²) in [5, 5.41) is 5.45. The molecule has 3 heteroatoms. The zero-order valence-corrected chi connectivity index (χ0v) is 9.13. The van der Waals surface area contributed by atoms with Crippen LogP contribution < -0.4 is 10.6 Å². The van der Waals surface area contributed by atoms with E-state index >= 15 is 0 Å². The van der Waals surface area contributed by atoms with Crippen molar-refractivity contribution in [2.45, 2.75) is 13.8 Å². The van der Waals surface area contributed by atoms with Gasteiger partial charge in [0.25, 0.3) is 0 Å². The number of urea groups is 1. The quantitative estimate of drug-likeness (QED) is 0.730. The Morgan fingerprint density at radius 3 is 2.87 bits per heavy atom. The topological polar surface area (TPSA) is 41.1 Å². The first kappa shape index (κ1) is 11.3. The molecule has 0 bridgehead atoms. The van der Waals surface area contributed by atoms with Gasteiger partial charge in [-0.15, -0.1) is 6.58 Å². The molecule has 15 heavy (non-hydrogen) atoms. The van der Waals surface area contributed by atoms with Crippen molar-refractivity contribution in [3.8, 4) is 0 Å². The number of carbonyl (C=O) groups excluding carboxylic acids is 1. The molecule has 3 nitrogen and oxygen atoms in total. The Kier molecular flexibility index (Phi) is 3.92. The number of carbonyl (C=O) groups is 1. The van der Waals surface area contributed by atoms with Gasteiger partial charge in [-0.1, -0.05) is 18.2 Å². The molecule has 0 unspecified atom stereocenters. The summed E-state index contributed by atoms with van der Waals surface area (Å²) in [6.07, 6.45) is 1.64. The van der Waals surface area contributed by atoms with E-state index in [-0.39, 0.29) is 6.03 Å². The molecule has 0 fully saturated rings. The second-order valence-corrected chi connectivity index (χ2v) is 3.37. The zero-order chi connectivity index (χ0) is 11.3. The number of hydrogen-bond donors (Lipinski definition) is 2. The molecule has 0 saturated heterocycles. The molecule has 0 aliphatic heterocycles. The average Bonchev–Trinajstić information content (AvgIpc) is 2.22. The van der Waals surface area contributed by atoms with Gasteiger partial charge in [-0.25, -0.2) is 4.79 Å². The molecule has 0 aromatic heterocycles. The lowest BCUT2D eigenvalue weighted by Crippen LogP contribution is -2.28. The second-order valence-electron chi connectivity index (χ2n) is 3.37. The van der Waals surface area contributed by atoms with Gasteiger partial charge >= 0.3 is 6.03 Å². The third-order valence-electron chi connectivity index (χ3n) is 2.26. The van der Waals surface area contributed by atoms with Gasteiger partial charge in [-0.3, -0.25) is 0 Å². The van der Waals surface area contributed by atoms with E-state index in [2.05, 4.69) is 17.2 Å². The first-order chi connectivity index (χ1) is 7.15. The molecule has 0 aliphatic rings. The molecule has 0 aliphatic carbocycles. The highest BCUT2D eigenvalue weighted by atomic mass is 16.2. The zero-order valence-electron chi connectivity index (χ0n) is 9.13. The molecule has 0 spiro atoms. The molecule has 1 aromatic rings. The maximum absolute atomic E-state index is 11.4. The SMILES string of the molecule is C=CCNC(=O)Nc1cccc(C)c1C. The van der Waals surface area contributed by atoms with Crippen LogP contribution >= 0.6 is 0 Å². The van der Waals surface area contributed by atoms with Crippen LogP contribution in [0.4, 0.5) is 10.5 Å². The molecule has 0 atom stereocenters. The smallest absolute Gasteiger partial charge is 0.319 e. The third-order valence-corrected chi connectivity index (χ3v) is 2.26. The van der Waals surface area contributed by atoms with Gasteiger partial charge in [0.2, 0.25) is 0 Å². The van der Waals surface area contributed by atoms with E-state index in [0.29, 0.717) is 6.54 Å². The molecule has 0 heterocycles. The Morgan fingerprint density at radius 2 is 2.20 bits per heavy atom. The van der Waals surface area contributed by atoms with Crippen LogP contribution in [0.3, 0.4) is 0 Å². The number of anilines is 1.